The maximum atomic E-state index is 8.92. The minimum atomic E-state index is -0.269. The third-order valence-electron chi connectivity index (χ3n) is 2.27. The fraction of sp³-hybridized carbons (Fsp3) is 0.455. The quantitative estimate of drug-likeness (QED) is 0.858. The van der Waals surface area contributed by atoms with Crippen LogP contribution in [0, 0.1) is 0 Å². The summed E-state index contributed by atoms with van der Waals surface area (Å²) in [6, 6.07) is 3.42. The normalized spacial score (nSPS) is 12.3. The number of ether oxygens (including phenoxy) is 2. The highest BCUT2D eigenvalue weighted by Crippen LogP contribution is 2.33. The molecule has 0 saturated heterocycles. The van der Waals surface area contributed by atoms with E-state index in [1.54, 1.807) is 14.2 Å². The third-order valence-corrected chi connectivity index (χ3v) is 3.01. The molecule has 0 aliphatic carbocycles. The topological polar surface area (TPSA) is 64.7 Å². The van der Waals surface area contributed by atoms with Crippen LogP contribution in [0.2, 0.25) is 0 Å². The van der Waals surface area contributed by atoms with Crippen LogP contribution in [0.1, 0.15) is 5.56 Å². The summed E-state index contributed by atoms with van der Waals surface area (Å²) in [5.74, 6) is 1.32. The van der Waals surface area contributed by atoms with Gasteiger partial charge in [0.1, 0.15) is 0 Å². The van der Waals surface area contributed by atoms with Crippen molar-refractivity contribution in [3.05, 3.63) is 22.2 Å². The SMILES string of the molecule is COc1cc(Br)c(CC(N)CO)cc1OC. The zero-order chi connectivity index (χ0) is 12.1. The molecule has 90 valence electrons. The first-order chi connectivity index (χ1) is 7.62. The predicted octanol–water partition coefficient (Wildman–Crippen LogP) is 1.33. The maximum Gasteiger partial charge on any atom is 0.161 e. The molecule has 0 bridgehead atoms. The van der Waals surface area contributed by atoms with Crippen LogP contribution in [-0.2, 0) is 6.42 Å². The lowest BCUT2D eigenvalue weighted by Crippen LogP contribution is -2.27. The number of aliphatic hydroxyl groups is 1. The molecular weight excluding hydrogens is 274 g/mol. The molecule has 0 radical (unpaired) electrons. The molecule has 0 saturated carbocycles. The van der Waals surface area contributed by atoms with E-state index in [2.05, 4.69) is 15.9 Å². The van der Waals surface area contributed by atoms with Gasteiger partial charge in [0.05, 0.1) is 20.8 Å². The highest BCUT2D eigenvalue weighted by molar-refractivity contribution is 9.10. The zero-order valence-corrected chi connectivity index (χ0v) is 11.0. The number of methoxy groups -OCH3 is 2. The number of hydrogen-bond acceptors (Lipinski definition) is 4. The van der Waals surface area contributed by atoms with Gasteiger partial charge in [0.2, 0.25) is 0 Å². The highest BCUT2D eigenvalue weighted by Gasteiger charge is 2.11. The van der Waals surface area contributed by atoms with Crippen LogP contribution in [0.4, 0.5) is 0 Å². The largest absolute Gasteiger partial charge is 0.493 e. The fourth-order valence-corrected chi connectivity index (χ4v) is 1.88. The van der Waals surface area contributed by atoms with E-state index < -0.39 is 0 Å². The van der Waals surface area contributed by atoms with Gasteiger partial charge < -0.3 is 20.3 Å². The maximum absolute atomic E-state index is 8.92. The van der Waals surface area contributed by atoms with Gasteiger partial charge in [0.15, 0.2) is 11.5 Å². The van der Waals surface area contributed by atoms with Crippen molar-refractivity contribution >= 4 is 15.9 Å². The van der Waals surface area contributed by atoms with E-state index in [0.717, 1.165) is 10.0 Å². The Bertz CT molecular complexity index is 357. The van der Waals surface area contributed by atoms with E-state index in [1.807, 2.05) is 12.1 Å². The summed E-state index contributed by atoms with van der Waals surface area (Å²) in [6.45, 7) is -0.0409. The molecule has 0 aliphatic rings. The van der Waals surface area contributed by atoms with Gasteiger partial charge in [-0.2, -0.15) is 0 Å². The summed E-state index contributed by atoms with van der Waals surface area (Å²) in [7, 11) is 3.17. The lowest BCUT2D eigenvalue weighted by atomic mass is 10.1. The van der Waals surface area contributed by atoms with E-state index in [4.69, 9.17) is 20.3 Å². The van der Waals surface area contributed by atoms with Crippen LogP contribution >= 0.6 is 15.9 Å². The lowest BCUT2D eigenvalue weighted by molar-refractivity contribution is 0.265. The van der Waals surface area contributed by atoms with Gasteiger partial charge in [-0.1, -0.05) is 15.9 Å². The summed E-state index contributed by atoms with van der Waals surface area (Å²) in [6.07, 6.45) is 0.581. The van der Waals surface area contributed by atoms with E-state index in [-0.39, 0.29) is 12.6 Å². The lowest BCUT2D eigenvalue weighted by Gasteiger charge is -2.14. The number of aliphatic hydroxyl groups excluding tert-OH is 1. The molecule has 1 aromatic rings. The average molecular weight is 290 g/mol. The summed E-state index contributed by atoms with van der Waals surface area (Å²) >= 11 is 3.44. The van der Waals surface area contributed by atoms with Crippen molar-refractivity contribution in [2.75, 3.05) is 20.8 Å². The Kier molecular flexibility index (Phi) is 5.05. The number of halogens is 1. The highest BCUT2D eigenvalue weighted by atomic mass is 79.9. The van der Waals surface area contributed by atoms with Crippen molar-refractivity contribution in [3.63, 3.8) is 0 Å². The van der Waals surface area contributed by atoms with Gasteiger partial charge in [0.25, 0.3) is 0 Å². The van der Waals surface area contributed by atoms with Crippen molar-refractivity contribution in [2.45, 2.75) is 12.5 Å². The van der Waals surface area contributed by atoms with E-state index in [9.17, 15) is 0 Å². The molecule has 3 N–H and O–H groups in total. The van der Waals surface area contributed by atoms with Crippen molar-refractivity contribution in [1.82, 2.24) is 0 Å². The van der Waals surface area contributed by atoms with Gasteiger partial charge in [0, 0.05) is 10.5 Å². The van der Waals surface area contributed by atoms with Gasteiger partial charge in [-0.3, -0.25) is 0 Å². The molecule has 1 unspecified atom stereocenters. The van der Waals surface area contributed by atoms with Gasteiger partial charge >= 0.3 is 0 Å². The second-order valence-electron chi connectivity index (χ2n) is 3.45. The monoisotopic (exact) mass is 289 g/mol. The number of benzene rings is 1. The van der Waals surface area contributed by atoms with Crippen LogP contribution in [0.15, 0.2) is 16.6 Å². The van der Waals surface area contributed by atoms with Crippen molar-refractivity contribution in [3.8, 4) is 11.5 Å². The summed E-state index contributed by atoms with van der Waals surface area (Å²) < 4.78 is 11.3. The Labute approximate surface area is 103 Å². The van der Waals surface area contributed by atoms with Gasteiger partial charge in [-0.15, -0.1) is 0 Å². The molecule has 0 heterocycles. The van der Waals surface area contributed by atoms with E-state index in [1.165, 1.54) is 0 Å². The second-order valence-corrected chi connectivity index (χ2v) is 4.30. The number of nitrogens with two attached hydrogens (primary N) is 1. The van der Waals surface area contributed by atoms with Crippen LogP contribution < -0.4 is 15.2 Å². The minimum Gasteiger partial charge on any atom is -0.493 e. The molecule has 0 amide bonds. The van der Waals surface area contributed by atoms with Gasteiger partial charge in [-0.25, -0.2) is 0 Å². The number of hydrogen-bond donors (Lipinski definition) is 2. The van der Waals surface area contributed by atoms with Crippen LogP contribution in [-0.4, -0.2) is 32.0 Å². The first-order valence-corrected chi connectivity index (χ1v) is 5.68. The molecule has 5 heteroatoms. The molecule has 0 fully saturated rings. The van der Waals surface area contributed by atoms with Crippen molar-refractivity contribution < 1.29 is 14.6 Å². The van der Waals surface area contributed by atoms with Crippen LogP contribution in [0.25, 0.3) is 0 Å². The zero-order valence-electron chi connectivity index (χ0n) is 9.37. The smallest absolute Gasteiger partial charge is 0.161 e. The Morgan fingerprint density at radius 2 is 1.88 bits per heavy atom. The standard InChI is InChI=1S/C11H16BrNO3/c1-15-10-4-7(3-8(13)6-14)9(12)5-11(10)16-2/h4-5,8,14H,3,6,13H2,1-2H3. The minimum absolute atomic E-state index is 0.0409. The van der Waals surface area contributed by atoms with Crippen molar-refractivity contribution in [2.24, 2.45) is 5.73 Å². The van der Waals surface area contributed by atoms with E-state index >= 15 is 0 Å². The summed E-state index contributed by atoms with van der Waals surface area (Å²) in [5.41, 5.74) is 6.68. The van der Waals surface area contributed by atoms with Gasteiger partial charge in [-0.05, 0) is 24.1 Å². The molecular formula is C11H16BrNO3. The fourth-order valence-electron chi connectivity index (χ4n) is 1.40. The first kappa shape index (κ1) is 13.3. The Hall–Kier alpha value is -0.780. The Morgan fingerprint density at radius 3 is 2.38 bits per heavy atom. The Balaban J connectivity index is 3.01. The Morgan fingerprint density at radius 1 is 1.31 bits per heavy atom. The second kappa shape index (κ2) is 6.08. The van der Waals surface area contributed by atoms with Crippen LogP contribution in [0.5, 0.6) is 11.5 Å². The summed E-state index contributed by atoms with van der Waals surface area (Å²) in [5, 5.41) is 8.92. The molecule has 1 aromatic carbocycles. The number of rotatable bonds is 5. The average Bonchev–Trinajstić information content (AvgIpc) is 2.30. The molecule has 4 nitrogen and oxygen atoms in total. The first-order valence-electron chi connectivity index (χ1n) is 4.89. The van der Waals surface area contributed by atoms with Crippen LogP contribution in [0.3, 0.4) is 0 Å². The molecule has 1 atom stereocenters. The molecule has 16 heavy (non-hydrogen) atoms. The molecule has 0 aromatic heterocycles. The molecule has 0 spiro atoms. The molecule has 0 aliphatic heterocycles. The predicted molar refractivity (Wildman–Crippen MR) is 66.0 cm³/mol. The van der Waals surface area contributed by atoms with E-state index in [0.29, 0.717) is 17.9 Å². The van der Waals surface area contributed by atoms with Crippen molar-refractivity contribution in [1.29, 1.82) is 0 Å². The molecule has 1 rings (SSSR count). The summed E-state index contributed by atoms with van der Waals surface area (Å²) in [4.78, 5) is 0. The third kappa shape index (κ3) is 3.10.